The quantitative estimate of drug-likeness (QED) is 0.403. The molecule has 1 aliphatic heterocycles. The van der Waals surface area contributed by atoms with Crippen LogP contribution < -0.4 is 9.64 Å². The molecule has 0 aromatic heterocycles. The molecule has 0 saturated carbocycles. The van der Waals surface area contributed by atoms with Crippen LogP contribution in [0.2, 0.25) is 0 Å². The SMILES string of the molecule is CCCCc1ccc(N2C(=O)C(c3ccccc3OC)=C(N(C)Cc3ccccc3)C2=O)cc1. The summed E-state index contributed by atoms with van der Waals surface area (Å²) in [6.45, 7) is 2.66. The summed E-state index contributed by atoms with van der Waals surface area (Å²) in [6.07, 6.45) is 3.21. The summed E-state index contributed by atoms with van der Waals surface area (Å²) in [6, 6.07) is 25.0. The molecule has 0 fully saturated rings. The average molecular weight is 455 g/mol. The average Bonchev–Trinajstić information content (AvgIpc) is 3.13. The first-order valence-corrected chi connectivity index (χ1v) is 11.7. The molecule has 34 heavy (non-hydrogen) atoms. The summed E-state index contributed by atoms with van der Waals surface area (Å²) in [5, 5.41) is 0. The molecular weight excluding hydrogens is 424 g/mol. The zero-order chi connectivity index (χ0) is 24.1. The summed E-state index contributed by atoms with van der Waals surface area (Å²) in [5.74, 6) is -0.114. The van der Waals surface area contributed by atoms with Gasteiger partial charge < -0.3 is 9.64 Å². The van der Waals surface area contributed by atoms with E-state index in [0.717, 1.165) is 24.8 Å². The fourth-order valence-electron chi connectivity index (χ4n) is 4.33. The van der Waals surface area contributed by atoms with E-state index in [4.69, 9.17) is 4.74 Å². The second-order valence-electron chi connectivity index (χ2n) is 8.48. The van der Waals surface area contributed by atoms with Crippen molar-refractivity contribution < 1.29 is 14.3 Å². The Bertz CT molecular complexity index is 1200. The topological polar surface area (TPSA) is 49.9 Å². The fourth-order valence-corrected chi connectivity index (χ4v) is 4.33. The van der Waals surface area contributed by atoms with E-state index in [1.807, 2.05) is 84.7 Å². The maximum atomic E-state index is 13.8. The third kappa shape index (κ3) is 4.60. The number of rotatable bonds is 9. The number of amides is 2. The monoisotopic (exact) mass is 454 g/mol. The minimum absolute atomic E-state index is 0.328. The smallest absolute Gasteiger partial charge is 0.282 e. The molecular formula is C29H30N2O3. The first-order chi connectivity index (χ1) is 16.5. The highest BCUT2D eigenvalue weighted by Gasteiger charge is 2.42. The number of methoxy groups -OCH3 is 1. The molecule has 0 radical (unpaired) electrons. The number of benzene rings is 3. The lowest BCUT2D eigenvalue weighted by Crippen LogP contribution is -2.34. The number of carbonyl (C=O) groups is 2. The minimum atomic E-state index is -0.342. The second-order valence-corrected chi connectivity index (χ2v) is 8.48. The van der Waals surface area contributed by atoms with Crippen molar-refractivity contribution in [3.63, 3.8) is 0 Å². The Morgan fingerprint density at radius 2 is 1.50 bits per heavy atom. The Labute approximate surface area is 201 Å². The largest absolute Gasteiger partial charge is 0.496 e. The predicted molar refractivity (Wildman–Crippen MR) is 135 cm³/mol. The number of ether oxygens (including phenoxy) is 1. The minimum Gasteiger partial charge on any atom is -0.496 e. The van der Waals surface area contributed by atoms with Gasteiger partial charge in [-0.2, -0.15) is 0 Å². The molecule has 1 heterocycles. The van der Waals surface area contributed by atoms with Crippen LogP contribution in [0, 0.1) is 0 Å². The lowest BCUT2D eigenvalue weighted by Gasteiger charge is -2.22. The molecule has 0 atom stereocenters. The molecule has 0 saturated heterocycles. The van der Waals surface area contributed by atoms with Crippen molar-refractivity contribution in [3.05, 3.63) is 101 Å². The highest BCUT2D eigenvalue weighted by Crippen LogP contribution is 2.38. The molecule has 5 heteroatoms. The molecule has 5 nitrogen and oxygen atoms in total. The van der Waals surface area contributed by atoms with Crippen molar-refractivity contribution in [1.29, 1.82) is 0 Å². The maximum Gasteiger partial charge on any atom is 0.282 e. The Morgan fingerprint density at radius 1 is 0.824 bits per heavy atom. The van der Waals surface area contributed by atoms with Gasteiger partial charge in [-0.3, -0.25) is 9.59 Å². The lowest BCUT2D eigenvalue weighted by atomic mass is 10.0. The zero-order valence-corrected chi connectivity index (χ0v) is 20.0. The maximum absolute atomic E-state index is 13.8. The number of unbranched alkanes of at least 4 members (excludes halogenated alkanes) is 1. The number of aryl methyl sites for hydroxylation is 1. The highest BCUT2D eigenvalue weighted by molar-refractivity contribution is 6.45. The number of carbonyl (C=O) groups excluding carboxylic acids is 2. The lowest BCUT2D eigenvalue weighted by molar-refractivity contribution is -0.120. The van der Waals surface area contributed by atoms with Crippen LogP contribution in [0.5, 0.6) is 5.75 Å². The molecule has 0 aliphatic carbocycles. The normalized spacial score (nSPS) is 13.6. The Hall–Kier alpha value is -3.86. The number of hydrogen-bond acceptors (Lipinski definition) is 4. The Balaban J connectivity index is 1.75. The second kappa shape index (κ2) is 10.4. The van der Waals surface area contributed by atoms with Gasteiger partial charge in [-0.25, -0.2) is 4.90 Å². The number of likely N-dealkylation sites (N-methyl/N-ethyl adjacent to an activating group) is 1. The molecule has 3 aromatic carbocycles. The number of nitrogens with zero attached hydrogens (tertiary/aromatic N) is 2. The molecule has 4 rings (SSSR count). The van der Waals surface area contributed by atoms with Crippen molar-refractivity contribution in [2.24, 2.45) is 0 Å². The van der Waals surface area contributed by atoms with Crippen LogP contribution in [0.4, 0.5) is 5.69 Å². The molecule has 0 unspecified atom stereocenters. The first-order valence-electron chi connectivity index (χ1n) is 11.7. The van der Waals surface area contributed by atoms with Crippen molar-refractivity contribution in [2.75, 3.05) is 19.1 Å². The van der Waals surface area contributed by atoms with E-state index in [-0.39, 0.29) is 11.8 Å². The predicted octanol–water partition coefficient (Wildman–Crippen LogP) is 5.45. The van der Waals surface area contributed by atoms with Crippen LogP contribution in [-0.4, -0.2) is 30.9 Å². The number of anilines is 1. The van der Waals surface area contributed by atoms with Crippen molar-refractivity contribution in [3.8, 4) is 5.75 Å². The third-order valence-electron chi connectivity index (χ3n) is 6.09. The summed E-state index contributed by atoms with van der Waals surface area (Å²) in [7, 11) is 3.42. The van der Waals surface area contributed by atoms with Gasteiger partial charge in [0.15, 0.2) is 0 Å². The molecule has 3 aromatic rings. The number of para-hydroxylation sites is 1. The van der Waals surface area contributed by atoms with Crippen molar-refractivity contribution in [2.45, 2.75) is 32.7 Å². The third-order valence-corrected chi connectivity index (χ3v) is 6.09. The van der Waals surface area contributed by atoms with Gasteiger partial charge in [0.25, 0.3) is 11.8 Å². The summed E-state index contributed by atoms with van der Waals surface area (Å²) < 4.78 is 5.55. The van der Waals surface area contributed by atoms with Crippen LogP contribution in [0.3, 0.4) is 0 Å². The van der Waals surface area contributed by atoms with Gasteiger partial charge in [0.1, 0.15) is 11.4 Å². The highest BCUT2D eigenvalue weighted by atomic mass is 16.5. The van der Waals surface area contributed by atoms with E-state index in [1.165, 1.54) is 10.5 Å². The van der Waals surface area contributed by atoms with E-state index >= 15 is 0 Å². The molecule has 174 valence electrons. The van der Waals surface area contributed by atoms with Gasteiger partial charge in [-0.15, -0.1) is 0 Å². The van der Waals surface area contributed by atoms with E-state index in [9.17, 15) is 9.59 Å². The molecule has 0 spiro atoms. The first kappa shape index (κ1) is 23.3. The number of imide groups is 1. The zero-order valence-electron chi connectivity index (χ0n) is 20.0. The van der Waals surface area contributed by atoms with Gasteiger partial charge in [-0.05, 0) is 42.2 Å². The fraction of sp³-hybridized carbons (Fsp3) is 0.241. The van der Waals surface area contributed by atoms with Gasteiger partial charge in [0.05, 0.1) is 18.4 Å². The summed E-state index contributed by atoms with van der Waals surface area (Å²) >= 11 is 0. The van der Waals surface area contributed by atoms with E-state index < -0.39 is 0 Å². The molecule has 0 bridgehead atoms. The standard InChI is InChI=1S/C29H30N2O3/c1-4-5-11-21-16-18-23(19-17-21)31-28(32)26(24-14-9-10-15-25(24)34-3)27(29(31)33)30(2)20-22-12-7-6-8-13-22/h6-10,12-19H,4-5,11,20H2,1-3H3. The Morgan fingerprint density at radius 3 is 2.18 bits per heavy atom. The van der Waals surface area contributed by atoms with Crippen LogP contribution >= 0.6 is 0 Å². The van der Waals surface area contributed by atoms with Gasteiger partial charge in [0.2, 0.25) is 0 Å². The van der Waals surface area contributed by atoms with E-state index in [2.05, 4.69) is 6.92 Å². The Kier molecular flexibility index (Phi) is 7.12. The summed E-state index contributed by atoms with van der Waals surface area (Å²) in [5.41, 5.74) is 4.16. The summed E-state index contributed by atoms with van der Waals surface area (Å²) in [4.78, 5) is 30.7. The van der Waals surface area contributed by atoms with Crippen LogP contribution in [0.1, 0.15) is 36.5 Å². The van der Waals surface area contributed by atoms with Crippen LogP contribution in [0.15, 0.2) is 84.6 Å². The van der Waals surface area contributed by atoms with Crippen molar-refractivity contribution >= 4 is 23.1 Å². The van der Waals surface area contributed by atoms with Crippen LogP contribution in [0.25, 0.3) is 5.57 Å². The number of hydrogen-bond donors (Lipinski definition) is 0. The molecule has 0 N–H and O–H groups in total. The van der Waals surface area contributed by atoms with Gasteiger partial charge in [-0.1, -0.05) is 74.0 Å². The van der Waals surface area contributed by atoms with E-state index in [0.29, 0.717) is 34.8 Å². The van der Waals surface area contributed by atoms with E-state index in [1.54, 1.807) is 13.2 Å². The van der Waals surface area contributed by atoms with Crippen LogP contribution in [-0.2, 0) is 22.6 Å². The molecule has 2 amide bonds. The molecule has 1 aliphatic rings. The van der Waals surface area contributed by atoms with Gasteiger partial charge in [0, 0.05) is 19.2 Å². The van der Waals surface area contributed by atoms with Crippen molar-refractivity contribution in [1.82, 2.24) is 4.90 Å². The van der Waals surface area contributed by atoms with Gasteiger partial charge >= 0.3 is 0 Å².